The van der Waals surface area contributed by atoms with Gasteiger partial charge < -0.3 is 54.8 Å². The molecule has 0 radical (unpaired) electrons. The number of aromatic nitrogens is 4. The van der Waals surface area contributed by atoms with Crippen LogP contribution in [0.4, 0.5) is 4.39 Å². The highest BCUT2D eigenvalue weighted by Gasteiger charge is 2.42. The Labute approximate surface area is 537 Å². The number of carbonyl (C=O) groups excluding carboxylic acids is 14. The van der Waals surface area contributed by atoms with Crippen molar-refractivity contribution < 1.29 is 71.5 Å². The second-order valence-electron chi connectivity index (χ2n) is 25.3. The van der Waals surface area contributed by atoms with Gasteiger partial charge in [-0.2, -0.15) is 5.21 Å². The number of nitrogens with two attached hydrogens (primary N) is 4. The van der Waals surface area contributed by atoms with Crippen molar-refractivity contribution >= 4 is 82.1 Å². The van der Waals surface area contributed by atoms with E-state index in [-0.39, 0.29) is 75.1 Å². The average Bonchev–Trinajstić information content (AvgIpc) is 0.905. The van der Waals surface area contributed by atoms with E-state index in [2.05, 4.69) is 52.5 Å². The van der Waals surface area contributed by atoms with Crippen LogP contribution in [-0.4, -0.2) is 147 Å². The normalized spacial score (nSPS) is 15.3. The molecule has 0 bridgehead atoms. The Morgan fingerprint density at radius 2 is 1.21 bits per heavy atom. The Morgan fingerprint density at radius 3 is 1.78 bits per heavy atom. The van der Waals surface area contributed by atoms with Crippen LogP contribution in [0.2, 0.25) is 0 Å². The minimum atomic E-state index is -1.82. The molecular weight excluding hydrogens is 1200 g/mol. The van der Waals surface area contributed by atoms with E-state index >= 15 is 4.39 Å². The Bertz CT molecular complexity index is 2870. The molecule has 29 heteroatoms. The number of nitrogens with zero attached hydrogens (tertiary/aromatic N) is 3. The molecule has 1 heterocycles. The summed E-state index contributed by atoms with van der Waals surface area (Å²) in [5.74, 6) is -16.0. The molecule has 0 saturated carbocycles. The van der Waals surface area contributed by atoms with Crippen LogP contribution in [-0.2, 0) is 80.0 Å². The van der Waals surface area contributed by atoms with E-state index in [1.165, 1.54) is 39.0 Å². The summed E-state index contributed by atoms with van der Waals surface area (Å²) in [6.07, 6.45) is -1.52. The fourth-order valence-electron chi connectivity index (χ4n) is 10.4. The number of benzene rings is 1. The third-order valence-corrected chi connectivity index (χ3v) is 16.3. The summed E-state index contributed by atoms with van der Waals surface area (Å²) < 4.78 is 15.4. The third kappa shape index (κ3) is 28.5. The minimum absolute atomic E-state index is 0.0351. The van der Waals surface area contributed by atoms with Crippen molar-refractivity contribution in [1.82, 2.24) is 52.5 Å². The number of unbranched alkanes of at least 4 members (excludes halogenated alkanes) is 1. The summed E-state index contributed by atoms with van der Waals surface area (Å²) >= 11 is 0. The van der Waals surface area contributed by atoms with Crippen molar-refractivity contribution in [1.29, 1.82) is 0 Å². The van der Waals surface area contributed by atoms with Gasteiger partial charge in [0.25, 0.3) is 0 Å². The number of hydrogen-bond acceptors (Lipinski definition) is 18. The number of amides is 9. The summed E-state index contributed by atoms with van der Waals surface area (Å²) in [5.41, 5.74) is 19.9. The van der Waals surface area contributed by atoms with Crippen LogP contribution < -0.4 is 54.8 Å². The van der Waals surface area contributed by atoms with Crippen LogP contribution in [0.1, 0.15) is 171 Å². The van der Waals surface area contributed by atoms with Gasteiger partial charge in [0.05, 0.1) is 42.7 Å². The molecule has 1 aromatic carbocycles. The molecule has 0 aliphatic carbocycles. The maximum absolute atomic E-state index is 15.4. The molecule has 512 valence electrons. The largest absolute Gasteiger partial charge is 0.370 e. The zero-order valence-electron chi connectivity index (χ0n) is 54.9. The Hall–Kier alpha value is -8.24. The molecule has 2 aromatic rings. The molecule has 9 amide bonds. The molecule has 0 aliphatic heterocycles. The van der Waals surface area contributed by atoms with E-state index in [4.69, 9.17) is 22.9 Å². The lowest BCUT2D eigenvalue weighted by Crippen LogP contribution is -2.53. The first kappa shape index (κ1) is 79.9. The van der Waals surface area contributed by atoms with Crippen LogP contribution in [0, 0.1) is 58.6 Å². The number of hydrogen-bond donors (Lipinski definition) is 11. The smallest absolute Gasteiger partial charge is 0.239 e. The number of ketones is 5. The SMILES string of the molecule is CC[C@H](C)[C@H](NC(=O)[C@H](CCCCN)CC(=O)[C@@H](C)Cc1nn[nH]n1)C(=O)C[C@@H](C)C(=O)N[C@@H](CCC(N)=O)C(=O)C[C@@H](CC(C)C)C(=O)N[C@@H](C)C(=O)C[C@@](C)(Cc1ccccc1F)C(=O)N[C@H](C(=O)C[C@@H](CCC(N)=O)C(=O)NCC(=O)NCC(N)=O)C(C)C. The zero-order valence-corrected chi connectivity index (χ0v) is 54.9. The van der Waals surface area contributed by atoms with Crippen LogP contribution in [0.3, 0.4) is 0 Å². The van der Waals surface area contributed by atoms with Crippen LogP contribution in [0.15, 0.2) is 24.3 Å². The third-order valence-electron chi connectivity index (χ3n) is 16.3. The lowest BCUT2D eigenvalue weighted by Gasteiger charge is -2.33. The number of H-pyrrole nitrogens is 1. The topological polar surface area (TPSA) is 470 Å². The molecule has 92 heavy (non-hydrogen) atoms. The summed E-state index contributed by atoms with van der Waals surface area (Å²) in [5, 5.41) is 29.1. The predicted octanol–water partition coefficient (Wildman–Crippen LogP) is 1.13. The lowest BCUT2D eigenvalue weighted by molar-refractivity contribution is -0.139. The monoisotopic (exact) mass is 1290 g/mol. The van der Waals surface area contributed by atoms with Crippen LogP contribution in [0.5, 0.6) is 0 Å². The summed E-state index contributed by atoms with van der Waals surface area (Å²) in [7, 11) is 0. The molecule has 15 N–H and O–H groups in total. The molecule has 0 fully saturated rings. The Morgan fingerprint density at radius 1 is 0.609 bits per heavy atom. The molecule has 28 nitrogen and oxygen atoms in total. The van der Waals surface area contributed by atoms with Gasteiger partial charge in [-0.05, 0) is 81.4 Å². The molecule has 0 spiro atoms. The van der Waals surface area contributed by atoms with Crippen molar-refractivity contribution in [3.8, 4) is 0 Å². The van der Waals surface area contributed by atoms with Crippen LogP contribution in [0.25, 0.3) is 0 Å². The van der Waals surface area contributed by atoms with Gasteiger partial charge in [-0.15, -0.1) is 10.2 Å². The van der Waals surface area contributed by atoms with Gasteiger partial charge >= 0.3 is 0 Å². The van der Waals surface area contributed by atoms with E-state index in [0.29, 0.717) is 38.1 Å². The number of Topliss-reactive ketones (excluding diaryl/α,β-unsaturated/α-hetero) is 5. The fraction of sp³-hybridized carbons (Fsp3) is 0.667. The predicted molar refractivity (Wildman–Crippen MR) is 335 cm³/mol. The molecule has 11 atom stereocenters. The van der Waals surface area contributed by atoms with Gasteiger partial charge in [0.15, 0.2) is 29.0 Å². The number of tetrazole rings is 1. The van der Waals surface area contributed by atoms with Gasteiger partial charge in [0.1, 0.15) is 11.6 Å². The lowest BCUT2D eigenvalue weighted by atomic mass is 9.76. The fourth-order valence-corrected chi connectivity index (χ4v) is 10.4. The van der Waals surface area contributed by atoms with Gasteiger partial charge in [-0.25, -0.2) is 4.39 Å². The van der Waals surface area contributed by atoms with E-state index in [9.17, 15) is 67.1 Å². The first-order chi connectivity index (χ1) is 43.1. The number of primary amides is 3. The highest BCUT2D eigenvalue weighted by atomic mass is 19.1. The maximum Gasteiger partial charge on any atom is 0.239 e. The van der Waals surface area contributed by atoms with Crippen molar-refractivity contribution in [3.63, 3.8) is 0 Å². The van der Waals surface area contributed by atoms with Gasteiger partial charge in [0, 0.05) is 81.0 Å². The van der Waals surface area contributed by atoms with E-state index in [0.717, 1.165) is 6.07 Å². The molecule has 0 unspecified atom stereocenters. The van der Waals surface area contributed by atoms with E-state index < -0.39 is 185 Å². The molecule has 2 rings (SSSR count). The van der Waals surface area contributed by atoms with E-state index in [1.807, 2.05) is 6.92 Å². The van der Waals surface area contributed by atoms with Gasteiger partial charge in [-0.1, -0.05) is 98.6 Å². The Kier molecular flexibility index (Phi) is 34.6. The number of aromatic amines is 1. The highest BCUT2D eigenvalue weighted by Crippen LogP contribution is 2.31. The number of rotatable bonds is 47. The van der Waals surface area contributed by atoms with Crippen molar-refractivity contribution in [2.45, 2.75) is 196 Å². The second kappa shape index (κ2) is 39.9. The van der Waals surface area contributed by atoms with Crippen molar-refractivity contribution in [2.24, 2.45) is 75.7 Å². The standard InChI is InChI=1S/C63H99FN14O14/c1-11-36(6)57(73-60(90)40(16-14-15-23-65)27-46(79)37(7)26-54-75-77-78-76-54)48(81)25-38(8)58(88)72-45(20-22-52(67)85)47(80)29-43(24-34(2)3)61(91)71-39(9)50(83)31-63(10,30-42-17-12-13-18-44(42)64)62(92)74-56(35(4)5)49(82)28-41(19-21-51(66)84)59(89)70-33-55(87)69-32-53(68)86/h12-13,17-18,34-41,43,45,56-57H,11,14-16,19-33,65H2,1-10H3,(H2,66,84)(H2,67,85)(H2,68,86)(H,69,87)(H,70,89)(H,71,91)(H,72,88)(H,73,90)(H,74,92)(H,75,76,77,78)/t36-,37-,38+,39-,40+,41+,43+,45-,56-,57-,63+/m0/s1. The average molecular weight is 1300 g/mol. The number of halogens is 1. The maximum atomic E-state index is 15.4. The Balaban J connectivity index is 2.37. The van der Waals surface area contributed by atoms with Crippen LogP contribution >= 0.6 is 0 Å². The summed E-state index contributed by atoms with van der Waals surface area (Å²) in [6, 6.07) is 0.434. The molecular formula is C63H99FN14O14. The number of carbonyl (C=O) groups is 14. The summed E-state index contributed by atoms with van der Waals surface area (Å²) in [6.45, 7) is 15.5. The molecule has 0 aliphatic rings. The van der Waals surface area contributed by atoms with E-state index in [1.54, 1.807) is 41.5 Å². The highest BCUT2D eigenvalue weighted by molar-refractivity contribution is 5.99. The first-order valence-corrected chi connectivity index (χ1v) is 31.5. The second-order valence-corrected chi connectivity index (χ2v) is 25.3. The van der Waals surface area contributed by atoms with Gasteiger partial charge in [-0.3, -0.25) is 67.1 Å². The van der Waals surface area contributed by atoms with Crippen molar-refractivity contribution in [2.75, 3.05) is 19.6 Å². The minimum Gasteiger partial charge on any atom is -0.370 e. The van der Waals surface area contributed by atoms with Gasteiger partial charge in [0.2, 0.25) is 53.2 Å². The molecule has 1 aromatic heterocycles. The number of nitrogens with one attached hydrogen (secondary N) is 7. The zero-order chi connectivity index (χ0) is 69.6. The molecule has 0 saturated heterocycles. The quantitative estimate of drug-likeness (QED) is 0.0414. The van der Waals surface area contributed by atoms with Crippen molar-refractivity contribution in [3.05, 3.63) is 41.5 Å². The first-order valence-electron chi connectivity index (χ1n) is 31.5. The summed E-state index contributed by atoms with van der Waals surface area (Å²) in [4.78, 5) is 188.